The van der Waals surface area contributed by atoms with E-state index in [1.807, 2.05) is 6.92 Å². The van der Waals surface area contributed by atoms with Crippen molar-refractivity contribution in [1.82, 2.24) is 10.2 Å². The van der Waals surface area contributed by atoms with Crippen LogP contribution in [0.15, 0.2) is 53.0 Å². The van der Waals surface area contributed by atoms with Crippen LogP contribution >= 0.6 is 27.5 Å². The molecule has 180 valence electrons. The molecule has 0 saturated heterocycles. The summed E-state index contributed by atoms with van der Waals surface area (Å²) in [6, 6.07) is 12.8. The topological polar surface area (TPSA) is 86.8 Å². The summed E-state index contributed by atoms with van der Waals surface area (Å²) >= 11 is 9.42. The van der Waals surface area contributed by atoms with Crippen molar-refractivity contribution in [2.24, 2.45) is 0 Å². The van der Waals surface area contributed by atoms with E-state index in [0.717, 1.165) is 33.4 Å². The molecule has 0 aliphatic heterocycles. The molecule has 0 aliphatic rings. The van der Waals surface area contributed by atoms with E-state index in [0.29, 0.717) is 17.3 Å². The number of hydrogen-bond acceptors (Lipinski definition) is 4. The molecule has 2 amide bonds. The summed E-state index contributed by atoms with van der Waals surface area (Å²) in [5.41, 5.74) is 1.09. The smallest absolute Gasteiger partial charge is 0.244 e. The normalized spacial score (nSPS) is 12.2. The van der Waals surface area contributed by atoms with Gasteiger partial charge < -0.3 is 10.2 Å². The highest BCUT2D eigenvalue weighted by atomic mass is 79.9. The van der Waals surface area contributed by atoms with Crippen LogP contribution in [0.1, 0.15) is 32.3 Å². The molecule has 0 aromatic heterocycles. The van der Waals surface area contributed by atoms with Crippen LogP contribution < -0.4 is 9.62 Å². The van der Waals surface area contributed by atoms with Crippen molar-refractivity contribution < 1.29 is 18.0 Å². The Morgan fingerprint density at radius 3 is 2.39 bits per heavy atom. The molecule has 2 rings (SSSR count). The van der Waals surface area contributed by atoms with E-state index in [2.05, 4.69) is 21.2 Å². The van der Waals surface area contributed by atoms with Gasteiger partial charge in [0.2, 0.25) is 21.8 Å². The second-order valence-electron chi connectivity index (χ2n) is 7.72. The molecule has 0 heterocycles. The molecule has 2 aromatic carbocycles. The third-order valence-electron chi connectivity index (χ3n) is 5.03. The molecule has 0 spiro atoms. The SMILES string of the molecule is CCCCNC(=O)C(C)N(Cc1cccc(Cl)c1)C(=O)CN(c1ccc(Br)cc1)S(C)(=O)=O. The molecule has 0 aliphatic carbocycles. The molecular weight excluding hydrogens is 530 g/mol. The lowest BCUT2D eigenvalue weighted by Crippen LogP contribution is -2.51. The van der Waals surface area contributed by atoms with Gasteiger partial charge >= 0.3 is 0 Å². The number of sulfonamides is 1. The molecule has 1 unspecified atom stereocenters. The summed E-state index contributed by atoms with van der Waals surface area (Å²) < 4.78 is 26.8. The number of nitrogens with zero attached hydrogens (tertiary/aromatic N) is 2. The summed E-state index contributed by atoms with van der Waals surface area (Å²) in [7, 11) is -3.75. The second kappa shape index (κ2) is 12.4. The molecule has 0 saturated carbocycles. The Bertz CT molecular complexity index is 1060. The fraction of sp³-hybridized carbons (Fsp3) is 0.391. The molecule has 1 N–H and O–H groups in total. The molecule has 2 aromatic rings. The summed E-state index contributed by atoms with van der Waals surface area (Å²) in [6.45, 7) is 3.83. The summed E-state index contributed by atoms with van der Waals surface area (Å²) in [5.74, 6) is -0.796. The van der Waals surface area contributed by atoms with Crippen LogP contribution in [0.4, 0.5) is 5.69 Å². The van der Waals surface area contributed by atoms with E-state index in [9.17, 15) is 18.0 Å². The highest BCUT2D eigenvalue weighted by molar-refractivity contribution is 9.10. The number of halogens is 2. The van der Waals surface area contributed by atoms with Gasteiger partial charge in [0, 0.05) is 22.6 Å². The quantitative estimate of drug-likeness (QED) is 0.419. The first-order valence-corrected chi connectivity index (χ1v) is 13.6. The number of rotatable bonds is 11. The van der Waals surface area contributed by atoms with Gasteiger partial charge in [-0.05, 0) is 55.3 Å². The Labute approximate surface area is 209 Å². The van der Waals surface area contributed by atoms with E-state index < -0.39 is 28.5 Å². The highest BCUT2D eigenvalue weighted by Gasteiger charge is 2.30. The fourth-order valence-corrected chi connectivity index (χ4v) is 4.50. The zero-order valence-corrected chi connectivity index (χ0v) is 22.1. The predicted molar refractivity (Wildman–Crippen MR) is 136 cm³/mol. The zero-order chi connectivity index (χ0) is 24.6. The largest absolute Gasteiger partial charge is 0.354 e. The van der Waals surface area contributed by atoms with Crippen LogP contribution in [0.3, 0.4) is 0 Å². The molecular formula is C23H29BrClN3O4S. The van der Waals surface area contributed by atoms with Gasteiger partial charge in [0.15, 0.2) is 0 Å². The van der Waals surface area contributed by atoms with Gasteiger partial charge in [0.05, 0.1) is 11.9 Å². The van der Waals surface area contributed by atoms with Gasteiger partial charge in [0.25, 0.3) is 0 Å². The van der Waals surface area contributed by atoms with Crippen molar-refractivity contribution >= 4 is 55.1 Å². The molecule has 33 heavy (non-hydrogen) atoms. The third-order valence-corrected chi connectivity index (χ3v) is 6.94. The second-order valence-corrected chi connectivity index (χ2v) is 11.0. The molecule has 0 bridgehead atoms. The first kappa shape index (κ1) is 27.1. The monoisotopic (exact) mass is 557 g/mol. The number of anilines is 1. The van der Waals surface area contributed by atoms with Gasteiger partial charge in [-0.3, -0.25) is 13.9 Å². The van der Waals surface area contributed by atoms with E-state index in [1.165, 1.54) is 4.90 Å². The molecule has 7 nitrogen and oxygen atoms in total. The van der Waals surface area contributed by atoms with Crippen molar-refractivity contribution in [2.45, 2.75) is 39.3 Å². The molecule has 0 fully saturated rings. The number of unbranched alkanes of at least 4 members (excludes halogenated alkanes) is 1. The van der Waals surface area contributed by atoms with Crippen molar-refractivity contribution in [3.8, 4) is 0 Å². The van der Waals surface area contributed by atoms with Crippen LogP contribution in [0, 0.1) is 0 Å². The van der Waals surface area contributed by atoms with Gasteiger partial charge in [0.1, 0.15) is 12.6 Å². The van der Waals surface area contributed by atoms with Crippen molar-refractivity contribution in [1.29, 1.82) is 0 Å². The van der Waals surface area contributed by atoms with E-state index in [4.69, 9.17) is 11.6 Å². The van der Waals surface area contributed by atoms with Gasteiger partial charge in [-0.25, -0.2) is 8.42 Å². The van der Waals surface area contributed by atoms with Crippen LogP contribution in [0.25, 0.3) is 0 Å². The standard InChI is InChI=1S/C23H29BrClN3O4S/c1-4-5-13-26-23(30)17(2)27(15-18-7-6-8-20(25)14-18)22(29)16-28(33(3,31)32)21-11-9-19(24)10-12-21/h6-12,14,17H,4-5,13,15-16H2,1-3H3,(H,26,30). The number of hydrogen-bond donors (Lipinski definition) is 1. The number of benzene rings is 2. The maximum Gasteiger partial charge on any atom is 0.244 e. The lowest BCUT2D eigenvalue weighted by Gasteiger charge is -2.31. The van der Waals surface area contributed by atoms with Crippen LogP contribution in [-0.2, 0) is 26.2 Å². The lowest BCUT2D eigenvalue weighted by atomic mass is 10.1. The highest BCUT2D eigenvalue weighted by Crippen LogP contribution is 2.22. The first-order chi connectivity index (χ1) is 15.5. The maximum atomic E-state index is 13.4. The molecule has 1 atom stereocenters. The van der Waals surface area contributed by atoms with Crippen molar-refractivity contribution in [3.05, 3.63) is 63.6 Å². The average Bonchev–Trinajstić information content (AvgIpc) is 2.75. The van der Waals surface area contributed by atoms with E-state index >= 15 is 0 Å². The molecule has 10 heteroatoms. The third kappa shape index (κ3) is 8.32. The first-order valence-electron chi connectivity index (χ1n) is 10.6. The van der Waals surface area contributed by atoms with E-state index in [1.54, 1.807) is 55.5 Å². The van der Waals surface area contributed by atoms with Crippen molar-refractivity contribution in [3.63, 3.8) is 0 Å². The minimum absolute atomic E-state index is 0.111. The molecule has 0 radical (unpaired) electrons. The number of carbonyl (C=O) groups excluding carboxylic acids is 2. The van der Waals surface area contributed by atoms with Gasteiger partial charge in [-0.2, -0.15) is 0 Å². The Morgan fingerprint density at radius 2 is 1.82 bits per heavy atom. The summed E-state index contributed by atoms with van der Waals surface area (Å²) in [6.07, 6.45) is 2.80. The summed E-state index contributed by atoms with van der Waals surface area (Å²) in [4.78, 5) is 27.5. The Balaban J connectivity index is 2.33. The minimum Gasteiger partial charge on any atom is -0.354 e. The lowest BCUT2D eigenvalue weighted by molar-refractivity contribution is -0.139. The number of nitrogens with one attached hydrogen (secondary N) is 1. The van der Waals surface area contributed by atoms with Crippen LogP contribution in [0.2, 0.25) is 5.02 Å². The Morgan fingerprint density at radius 1 is 1.15 bits per heavy atom. The van der Waals surface area contributed by atoms with Gasteiger partial charge in [-0.15, -0.1) is 0 Å². The number of carbonyl (C=O) groups is 2. The summed E-state index contributed by atoms with van der Waals surface area (Å²) in [5, 5.41) is 3.35. The Kier molecular flexibility index (Phi) is 10.2. The zero-order valence-electron chi connectivity index (χ0n) is 18.9. The van der Waals surface area contributed by atoms with Gasteiger partial charge in [-0.1, -0.05) is 53.0 Å². The minimum atomic E-state index is -3.75. The fourth-order valence-electron chi connectivity index (χ4n) is 3.17. The van der Waals surface area contributed by atoms with Crippen LogP contribution in [-0.4, -0.2) is 50.5 Å². The van der Waals surface area contributed by atoms with E-state index in [-0.39, 0.29) is 12.5 Å². The number of amides is 2. The van der Waals surface area contributed by atoms with Crippen molar-refractivity contribution in [2.75, 3.05) is 23.7 Å². The average molecular weight is 559 g/mol. The maximum absolute atomic E-state index is 13.4. The Hall–Kier alpha value is -2.10. The van der Waals surface area contributed by atoms with Crippen LogP contribution in [0.5, 0.6) is 0 Å². The predicted octanol–water partition coefficient (Wildman–Crippen LogP) is 4.20.